The van der Waals surface area contributed by atoms with E-state index in [0.717, 1.165) is 6.07 Å². The number of hydrogen-bond donors (Lipinski definition) is 1. The van der Waals surface area contributed by atoms with E-state index >= 15 is 0 Å². The number of esters is 2. The third-order valence-electron chi connectivity index (χ3n) is 6.20. The molecular formula is C26H27ClF3NO7. The van der Waals surface area contributed by atoms with Crippen LogP contribution in [0.5, 0.6) is 17.2 Å². The lowest BCUT2D eigenvalue weighted by molar-refractivity contribution is -0.141. The molecule has 206 valence electrons. The molecule has 8 nitrogen and oxygen atoms in total. The average Bonchev–Trinajstić information content (AvgIpc) is 3.29. The molecule has 0 bridgehead atoms. The monoisotopic (exact) mass is 557 g/mol. The molecular weight excluding hydrogens is 531 g/mol. The first-order valence-corrected chi connectivity index (χ1v) is 12.0. The Morgan fingerprint density at radius 1 is 1.08 bits per heavy atom. The van der Waals surface area contributed by atoms with Gasteiger partial charge in [0, 0.05) is 30.5 Å². The minimum Gasteiger partial charge on any atom is -0.496 e. The van der Waals surface area contributed by atoms with Gasteiger partial charge in [-0.1, -0.05) is 11.6 Å². The van der Waals surface area contributed by atoms with E-state index in [9.17, 15) is 27.6 Å². The largest absolute Gasteiger partial charge is 0.496 e. The Morgan fingerprint density at radius 2 is 1.76 bits per heavy atom. The van der Waals surface area contributed by atoms with Crippen molar-refractivity contribution in [2.45, 2.75) is 44.8 Å². The van der Waals surface area contributed by atoms with Crippen molar-refractivity contribution in [2.24, 2.45) is 0 Å². The van der Waals surface area contributed by atoms with E-state index < -0.39 is 34.5 Å². The molecule has 3 rings (SSSR count). The number of ketones is 1. The number of methoxy groups -OCH3 is 2. The van der Waals surface area contributed by atoms with Gasteiger partial charge in [-0.3, -0.25) is 9.59 Å². The van der Waals surface area contributed by atoms with Gasteiger partial charge < -0.3 is 24.3 Å². The molecule has 2 aromatic carbocycles. The second-order valence-electron chi connectivity index (χ2n) is 8.62. The minimum atomic E-state index is -4.65. The molecule has 1 fully saturated rings. The zero-order valence-electron chi connectivity index (χ0n) is 21.2. The number of carbonyl (C=O) groups is 3. The number of hydrogen-bond acceptors (Lipinski definition) is 8. The van der Waals surface area contributed by atoms with Crippen molar-refractivity contribution < 1.29 is 46.5 Å². The number of halogens is 4. The normalized spacial score (nSPS) is 17.2. The van der Waals surface area contributed by atoms with Gasteiger partial charge in [0.05, 0.1) is 37.0 Å². The fraction of sp³-hybridized carbons (Fsp3) is 0.423. The van der Waals surface area contributed by atoms with Crippen LogP contribution in [0, 0.1) is 0 Å². The van der Waals surface area contributed by atoms with E-state index in [0.29, 0.717) is 37.1 Å². The van der Waals surface area contributed by atoms with Gasteiger partial charge in [0.1, 0.15) is 17.1 Å². The number of alkyl halides is 3. The number of Topliss-reactive ketones (excluding diaryl/α,β-unsaturated/α-hetero) is 1. The van der Waals surface area contributed by atoms with E-state index in [1.807, 2.05) is 0 Å². The summed E-state index contributed by atoms with van der Waals surface area (Å²) in [6.45, 7) is 3.28. The summed E-state index contributed by atoms with van der Waals surface area (Å²) in [4.78, 5) is 37.2. The third-order valence-corrected chi connectivity index (χ3v) is 6.51. The van der Waals surface area contributed by atoms with Gasteiger partial charge >= 0.3 is 18.1 Å². The zero-order valence-corrected chi connectivity index (χ0v) is 21.9. The Balaban J connectivity index is 2.12. The van der Waals surface area contributed by atoms with Gasteiger partial charge in [0.15, 0.2) is 11.5 Å². The molecule has 1 heterocycles. The molecule has 0 aliphatic carbocycles. The summed E-state index contributed by atoms with van der Waals surface area (Å²) >= 11 is 6.02. The predicted octanol–water partition coefficient (Wildman–Crippen LogP) is 5.20. The maximum Gasteiger partial charge on any atom is 0.416 e. The standard InChI is InChI=1S/C26H27ClF3NO7/c1-13(32)22-20(35-3)12-21(36-4)23(17-7-9-31-19(17)8-10-37-14(2)33)24(22)38-25(34)16-6-5-15(11-18(16)27)26(28,29)30/h5-6,11-12,17,19,31H,7-10H2,1-4H3. The molecule has 1 aliphatic heterocycles. The van der Waals surface area contributed by atoms with Crippen LogP contribution in [0.25, 0.3) is 0 Å². The number of rotatable bonds is 9. The summed E-state index contributed by atoms with van der Waals surface area (Å²) in [5.74, 6) is -2.08. The lowest BCUT2D eigenvalue weighted by Gasteiger charge is -2.26. The minimum absolute atomic E-state index is 0.0367. The maximum atomic E-state index is 13.2. The van der Waals surface area contributed by atoms with E-state index in [1.165, 1.54) is 34.1 Å². The smallest absolute Gasteiger partial charge is 0.416 e. The summed E-state index contributed by atoms with van der Waals surface area (Å²) in [6.07, 6.45) is -3.67. The van der Waals surface area contributed by atoms with Crippen molar-refractivity contribution >= 4 is 29.3 Å². The maximum absolute atomic E-state index is 13.2. The van der Waals surface area contributed by atoms with Gasteiger partial charge in [0.25, 0.3) is 0 Å². The first-order valence-electron chi connectivity index (χ1n) is 11.6. The summed E-state index contributed by atoms with van der Waals surface area (Å²) < 4.78 is 61.0. The molecule has 0 aromatic heterocycles. The highest BCUT2D eigenvalue weighted by Crippen LogP contribution is 2.47. The Kier molecular flexibility index (Phi) is 9.26. The van der Waals surface area contributed by atoms with Crippen LogP contribution < -0.4 is 19.5 Å². The Morgan fingerprint density at radius 3 is 2.32 bits per heavy atom. The highest BCUT2D eigenvalue weighted by molar-refractivity contribution is 6.33. The van der Waals surface area contributed by atoms with Gasteiger partial charge in [-0.25, -0.2) is 4.79 Å². The van der Waals surface area contributed by atoms with Crippen molar-refractivity contribution in [3.8, 4) is 17.2 Å². The van der Waals surface area contributed by atoms with Gasteiger partial charge in [0.2, 0.25) is 0 Å². The Hall–Kier alpha value is -3.31. The van der Waals surface area contributed by atoms with Crippen LogP contribution in [0.3, 0.4) is 0 Å². The van der Waals surface area contributed by atoms with Crippen LogP contribution in [0.15, 0.2) is 24.3 Å². The van der Waals surface area contributed by atoms with Crippen LogP contribution >= 0.6 is 11.6 Å². The van der Waals surface area contributed by atoms with Crippen molar-refractivity contribution in [1.29, 1.82) is 0 Å². The highest BCUT2D eigenvalue weighted by atomic mass is 35.5. The molecule has 1 aliphatic rings. The Bertz CT molecular complexity index is 1230. The number of nitrogens with one attached hydrogen (secondary N) is 1. The molecule has 0 saturated carbocycles. The van der Waals surface area contributed by atoms with Crippen LogP contribution in [0.4, 0.5) is 13.2 Å². The fourth-order valence-corrected chi connectivity index (χ4v) is 4.76. The third kappa shape index (κ3) is 6.39. The van der Waals surface area contributed by atoms with E-state index in [2.05, 4.69) is 5.32 Å². The van der Waals surface area contributed by atoms with Crippen LogP contribution in [-0.2, 0) is 15.7 Å². The van der Waals surface area contributed by atoms with E-state index in [4.69, 9.17) is 30.5 Å². The first-order chi connectivity index (χ1) is 17.9. The van der Waals surface area contributed by atoms with E-state index in [-0.39, 0.29) is 46.9 Å². The topological polar surface area (TPSA) is 100 Å². The first kappa shape index (κ1) is 29.2. The number of ether oxygens (including phenoxy) is 4. The second-order valence-corrected chi connectivity index (χ2v) is 9.03. The van der Waals surface area contributed by atoms with Gasteiger partial charge in [-0.15, -0.1) is 0 Å². The summed E-state index contributed by atoms with van der Waals surface area (Å²) in [5.41, 5.74) is -0.990. The molecule has 0 radical (unpaired) electrons. The van der Waals surface area contributed by atoms with E-state index in [1.54, 1.807) is 0 Å². The predicted molar refractivity (Wildman–Crippen MR) is 131 cm³/mol. The number of carbonyl (C=O) groups excluding carboxylic acids is 3. The molecule has 0 amide bonds. The lowest BCUT2D eigenvalue weighted by Crippen LogP contribution is -2.28. The Labute approximate surface area is 222 Å². The van der Waals surface area contributed by atoms with Crippen LogP contribution in [0.1, 0.15) is 64.4 Å². The molecule has 12 heteroatoms. The summed E-state index contributed by atoms with van der Waals surface area (Å²) in [5, 5.41) is 2.85. The van der Waals surface area contributed by atoms with Crippen molar-refractivity contribution in [1.82, 2.24) is 5.32 Å². The molecule has 2 atom stereocenters. The van der Waals surface area contributed by atoms with Gasteiger partial charge in [-0.2, -0.15) is 13.2 Å². The van der Waals surface area contributed by atoms with Crippen LogP contribution in [-0.4, -0.2) is 51.1 Å². The summed E-state index contributed by atoms with van der Waals surface area (Å²) in [7, 11) is 2.73. The zero-order chi connectivity index (χ0) is 28.2. The van der Waals surface area contributed by atoms with Crippen LogP contribution in [0.2, 0.25) is 5.02 Å². The lowest BCUT2D eigenvalue weighted by atomic mass is 9.86. The van der Waals surface area contributed by atoms with Crippen molar-refractivity contribution in [3.63, 3.8) is 0 Å². The molecule has 38 heavy (non-hydrogen) atoms. The van der Waals surface area contributed by atoms with Crippen molar-refractivity contribution in [2.75, 3.05) is 27.4 Å². The highest BCUT2D eigenvalue weighted by Gasteiger charge is 2.37. The average molecular weight is 558 g/mol. The second kappa shape index (κ2) is 12.0. The molecule has 2 aromatic rings. The summed E-state index contributed by atoms with van der Waals surface area (Å²) in [6, 6.07) is 3.53. The quantitative estimate of drug-likeness (QED) is 0.255. The molecule has 1 saturated heterocycles. The molecule has 1 N–H and O–H groups in total. The molecule has 0 spiro atoms. The number of benzene rings is 2. The van der Waals surface area contributed by atoms with Gasteiger partial charge in [-0.05, 0) is 44.5 Å². The fourth-order valence-electron chi connectivity index (χ4n) is 4.50. The SMILES string of the molecule is COc1cc(OC)c(C2CCNC2CCOC(C)=O)c(OC(=O)c2ccc(C(F)(F)F)cc2Cl)c1C(C)=O. The van der Waals surface area contributed by atoms with Crippen molar-refractivity contribution in [3.05, 3.63) is 51.5 Å². The molecule has 2 unspecified atom stereocenters.